The summed E-state index contributed by atoms with van der Waals surface area (Å²) in [5.41, 5.74) is 0.939. The summed E-state index contributed by atoms with van der Waals surface area (Å²) in [4.78, 5) is 0.323. The summed E-state index contributed by atoms with van der Waals surface area (Å²) in [5, 5.41) is 3.06. The zero-order valence-electron chi connectivity index (χ0n) is 9.66. The first-order valence-electron chi connectivity index (χ1n) is 5.33. The van der Waals surface area contributed by atoms with Crippen molar-refractivity contribution >= 4 is 10.0 Å². The van der Waals surface area contributed by atoms with E-state index in [1.807, 2.05) is 19.9 Å². The molecule has 0 aliphatic rings. The number of nitrogens with one attached hydrogen (secondary N) is 2. The summed E-state index contributed by atoms with van der Waals surface area (Å²) < 4.78 is 26.2. The second kappa shape index (κ2) is 5.98. The fraction of sp³-hybridized carbons (Fsp3) is 0.455. The van der Waals surface area contributed by atoms with Crippen molar-refractivity contribution in [2.45, 2.75) is 18.7 Å². The van der Waals surface area contributed by atoms with Gasteiger partial charge in [0.15, 0.2) is 0 Å². The van der Waals surface area contributed by atoms with Gasteiger partial charge in [0.25, 0.3) is 0 Å². The zero-order valence-corrected chi connectivity index (χ0v) is 10.5. The van der Waals surface area contributed by atoms with E-state index < -0.39 is 10.0 Å². The van der Waals surface area contributed by atoms with Crippen LogP contribution in [0.5, 0.6) is 0 Å². The average Bonchev–Trinajstić information content (AvgIpc) is 2.24. The summed E-state index contributed by atoms with van der Waals surface area (Å²) in [6.07, 6.45) is 0. The Balaban J connectivity index is 2.64. The quantitative estimate of drug-likeness (QED) is 0.728. The van der Waals surface area contributed by atoms with Crippen LogP contribution in [0.15, 0.2) is 29.2 Å². The van der Waals surface area contributed by atoms with E-state index in [-0.39, 0.29) is 0 Å². The van der Waals surface area contributed by atoms with Crippen LogP contribution in [0, 0.1) is 6.92 Å². The third-order valence-electron chi connectivity index (χ3n) is 2.14. The molecule has 0 amide bonds. The lowest BCUT2D eigenvalue weighted by Gasteiger charge is -2.07. The molecule has 2 N–H and O–H groups in total. The van der Waals surface area contributed by atoms with Crippen LogP contribution in [0.3, 0.4) is 0 Å². The molecule has 0 aliphatic heterocycles. The van der Waals surface area contributed by atoms with Crippen molar-refractivity contribution in [3.63, 3.8) is 0 Å². The molecule has 1 rings (SSSR count). The van der Waals surface area contributed by atoms with E-state index in [1.54, 1.807) is 18.2 Å². The number of sulfonamides is 1. The molecular formula is C11H18N2O2S. The summed E-state index contributed by atoms with van der Waals surface area (Å²) in [7, 11) is -3.35. The SMILES string of the molecule is CCNCCNS(=O)(=O)c1cccc(C)c1. The molecule has 0 fully saturated rings. The van der Waals surface area contributed by atoms with Crippen molar-refractivity contribution in [1.29, 1.82) is 0 Å². The molecule has 5 heteroatoms. The number of aryl methyl sites for hydroxylation is 1. The highest BCUT2D eigenvalue weighted by Crippen LogP contribution is 2.09. The predicted octanol–water partition coefficient (Wildman–Crippen LogP) is 0.883. The van der Waals surface area contributed by atoms with E-state index in [1.165, 1.54) is 0 Å². The maximum atomic E-state index is 11.8. The molecule has 0 radical (unpaired) electrons. The van der Waals surface area contributed by atoms with Crippen LogP contribution in [0.2, 0.25) is 0 Å². The molecule has 0 heterocycles. The first-order chi connectivity index (χ1) is 7.56. The predicted molar refractivity (Wildman–Crippen MR) is 64.9 cm³/mol. The molecular weight excluding hydrogens is 224 g/mol. The smallest absolute Gasteiger partial charge is 0.240 e. The van der Waals surface area contributed by atoms with Crippen LogP contribution in [0.25, 0.3) is 0 Å². The van der Waals surface area contributed by atoms with Gasteiger partial charge in [-0.2, -0.15) is 0 Å². The Hall–Kier alpha value is -0.910. The number of hydrogen-bond donors (Lipinski definition) is 2. The van der Waals surface area contributed by atoms with Crippen LogP contribution >= 0.6 is 0 Å². The normalized spacial score (nSPS) is 11.6. The molecule has 16 heavy (non-hydrogen) atoms. The molecule has 0 aromatic heterocycles. The summed E-state index contributed by atoms with van der Waals surface area (Å²) >= 11 is 0. The van der Waals surface area contributed by atoms with Crippen molar-refractivity contribution in [2.75, 3.05) is 19.6 Å². The van der Waals surface area contributed by atoms with Crippen molar-refractivity contribution in [1.82, 2.24) is 10.0 Å². The molecule has 0 atom stereocenters. The van der Waals surface area contributed by atoms with E-state index in [9.17, 15) is 8.42 Å². The van der Waals surface area contributed by atoms with Crippen molar-refractivity contribution in [3.8, 4) is 0 Å². The fourth-order valence-corrected chi connectivity index (χ4v) is 2.45. The van der Waals surface area contributed by atoms with E-state index in [4.69, 9.17) is 0 Å². The standard InChI is InChI=1S/C11H18N2O2S/c1-3-12-7-8-13-16(14,15)11-6-4-5-10(2)9-11/h4-6,9,12-13H,3,7-8H2,1-2H3. The molecule has 0 spiro atoms. The fourth-order valence-electron chi connectivity index (χ4n) is 1.32. The third kappa shape index (κ3) is 3.92. The van der Waals surface area contributed by atoms with E-state index in [0.29, 0.717) is 18.0 Å². The van der Waals surface area contributed by atoms with Gasteiger partial charge < -0.3 is 5.32 Å². The Morgan fingerprint density at radius 3 is 2.62 bits per heavy atom. The van der Waals surface area contributed by atoms with Gasteiger partial charge >= 0.3 is 0 Å². The van der Waals surface area contributed by atoms with Gasteiger partial charge in [0.2, 0.25) is 10.0 Å². The van der Waals surface area contributed by atoms with Crippen LogP contribution in [-0.2, 0) is 10.0 Å². The van der Waals surface area contributed by atoms with E-state index in [2.05, 4.69) is 10.0 Å². The highest BCUT2D eigenvalue weighted by Gasteiger charge is 2.12. The second-order valence-corrected chi connectivity index (χ2v) is 5.33. The van der Waals surface area contributed by atoms with E-state index >= 15 is 0 Å². The molecule has 0 bridgehead atoms. The van der Waals surface area contributed by atoms with Crippen molar-refractivity contribution < 1.29 is 8.42 Å². The van der Waals surface area contributed by atoms with Crippen molar-refractivity contribution in [3.05, 3.63) is 29.8 Å². The Morgan fingerprint density at radius 2 is 2.00 bits per heavy atom. The lowest BCUT2D eigenvalue weighted by atomic mass is 10.2. The van der Waals surface area contributed by atoms with Crippen LogP contribution in [-0.4, -0.2) is 28.1 Å². The summed E-state index contributed by atoms with van der Waals surface area (Å²) in [6.45, 7) is 5.74. The number of hydrogen-bond acceptors (Lipinski definition) is 3. The second-order valence-electron chi connectivity index (χ2n) is 3.57. The Labute approximate surface area is 97.1 Å². The molecule has 0 saturated carbocycles. The number of likely N-dealkylation sites (N-methyl/N-ethyl adjacent to an activating group) is 1. The van der Waals surface area contributed by atoms with Gasteiger partial charge in [0.1, 0.15) is 0 Å². The van der Waals surface area contributed by atoms with Crippen LogP contribution in [0.4, 0.5) is 0 Å². The maximum absolute atomic E-state index is 11.8. The first kappa shape index (κ1) is 13.2. The molecule has 1 aromatic rings. The third-order valence-corrected chi connectivity index (χ3v) is 3.60. The number of rotatable bonds is 6. The minimum Gasteiger partial charge on any atom is -0.316 e. The molecule has 0 saturated heterocycles. The van der Waals surface area contributed by atoms with E-state index in [0.717, 1.165) is 12.1 Å². The highest BCUT2D eigenvalue weighted by atomic mass is 32.2. The summed E-state index contributed by atoms with van der Waals surface area (Å²) in [5.74, 6) is 0. The lowest BCUT2D eigenvalue weighted by molar-refractivity contribution is 0.577. The topological polar surface area (TPSA) is 58.2 Å². The monoisotopic (exact) mass is 242 g/mol. The van der Waals surface area contributed by atoms with Gasteiger partial charge in [-0.05, 0) is 31.2 Å². The largest absolute Gasteiger partial charge is 0.316 e. The van der Waals surface area contributed by atoms with Gasteiger partial charge in [-0.1, -0.05) is 19.1 Å². The number of benzene rings is 1. The first-order valence-corrected chi connectivity index (χ1v) is 6.81. The van der Waals surface area contributed by atoms with Gasteiger partial charge in [-0.15, -0.1) is 0 Å². The van der Waals surface area contributed by atoms with Gasteiger partial charge in [0, 0.05) is 13.1 Å². The van der Waals surface area contributed by atoms with Crippen molar-refractivity contribution in [2.24, 2.45) is 0 Å². The van der Waals surface area contributed by atoms with Gasteiger partial charge in [-0.3, -0.25) is 0 Å². The Bertz CT molecular complexity index is 429. The molecule has 0 unspecified atom stereocenters. The van der Waals surface area contributed by atoms with Gasteiger partial charge in [0.05, 0.1) is 4.90 Å². The minimum absolute atomic E-state index is 0.323. The lowest BCUT2D eigenvalue weighted by Crippen LogP contribution is -2.31. The highest BCUT2D eigenvalue weighted by molar-refractivity contribution is 7.89. The molecule has 90 valence electrons. The molecule has 1 aromatic carbocycles. The van der Waals surface area contributed by atoms with Gasteiger partial charge in [-0.25, -0.2) is 13.1 Å². The average molecular weight is 242 g/mol. The Kier molecular flexibility index (Phi) is 4.92. The van der Waals surface area contributed by atoms with Crippen LogP contribution < -0.4 is 10.0 Å². The zero-order chi connectivity index (χ0) is 12.0. The Morgan fingerprint density at radius 1 is 1.25 bits per heavy atom. The maximum Gasteiger partial charge on any atom is 0.240 e. The minimum atomic E-state index is -3.35. The summed E-state index contributed by atoms with van der Waals surface area (Å²) in [6, 6.07) is 6.88. The van der Waals surface area contributed by atoms with Crippen LogP contribution in [0.1, 0.15) is 12.5 Å². The molecule has 0 aliphatic carbocycles. The molecule has 4 nitrogen and oxygen atoms in total.